The molecule has 106 valence electrons. The summed E-state index contributed by atoms with van der Waals surface area (Å²) in [4.78, 5) is 13.3. The molecule has 0 bridgehead atoms. The second kappa shape index (κ2) is 6.04. The fourth-order valence-electron chi connectivity index (χ4n) is 2.66. The average Bonchev–Trinajstić information content (AvgIpc) is 2.48. The molecule has 0 spiro atoms. The molecule has 0 aliphatic carbocycles. The van der Waals surface area contributed by atoms with Gasteiger partial charge in [-0.25, -0.2) is 0 Å². The second-order valence-electron chi connectivity index (χ2n) is 5.40. The first-order valence-electron chi connectivity index (χ1n) is 6.82. The number of hydrogen-bond acceptors (Lipinski definition) is 4. The minimum atomic E-state index is -1.01. The minimum absolute atomic E-state index is 0.0442. The number of likely N-dealkylation sites (tertiary alicyclic amines) is 1. The highest BCUT2D eigenvalue weighted by molar-refractivity contribution is 5.76. The molecule has 5 heteroatoms. The number of primary amides is 1. The van der Waals surface area contributed by atoms with Crippen LogP contribution in [0.15, 0.2) is 30.3 Å². The normalized spacial score (nSPS) is 20.0. The Morgan fingerprint density at radius 3 is 2.45 bits per heavy atom. The summed E-state index contributed by atoms with van der Waals surface area (Å²) in [5.74, 6) is -0.274. The van der Waals surface area contributed by atoms with Crippen molar-refractivity contribution in [1.82, 2.24) is 4.90 Å². The van der Waals surface area contributed by atoms with Gasteiger partial charge in [0.1, 0.15) is 5.54 Å². The molecule has 5 nitrogen and oxygen atoms in total. The van der Waals surface area contributed by atoms with Crippen molar-refractivity contribution in [3.8, 4) is 6.07 Å². The average molecular weight is 272 g/mol. The molecule has 1 aromatic rings. The van der Waals surface area contributed by atoms with Crippen molar-refractivity contribution in [3.63, 3.8) is 0 Å². The molecule has 0 radical (unpaired) electrons. The number of nitrogens with zero attached hydrogens (tertiary/aromatic N) is 2. The Labute approximate surface area is 119 Å². The third kappa shape index (κ3) is 3.16. The van der Waals surface area contributed by atoms with Crippen molar-refractivity contribution in [1.29, 1.82) is 5.26 Å². The minimum Gasteiger partial charge on any atom is -0.369 e. The van der Waals surface area contributed by atoms with E-state index >= 15 is 0 Å². The second-order valence-corrected chi connectivity index (χ2v) is 5.40. The van der Waals surface area contributed by atoms with Crippen molar-refractivity contribution < 1.29 is 4.79 Å². The van der Waals surface area contributed by atoms with Gasteiger partial charge in [0.05, 0.1) is 6.07 Å². The Balaban J connectivity index is 2.02. The van der Waals surface area contributed by atoms with Crippen LogP contribution in [0, 0.1) is 17.2 Å². The zero-order valence-corrected chi connectivity index (χ0v) is 11.5. The summed E-state index contributed by atoms with van der Waals surface area (Å²) < 4.78 is 0. The zero-order valence-electron chi connectivity index (χ0n) is 11.5. The Bertz CT molecular complexity index is 502. The molecular weight excluding hydrogens is 252 g/mol. The molecule has 4 N–H and O–H groups in total. The lowest BCUT2D eigenvalue weighted by Gasteiger charge is -2.35. The van der Waals surface area contributed by atoms with Crippen LogP contribution in [-0.4, -0.2) is 30.4 Å². The summed E-state index contributed by atoms with van der Waals surface area (Å²) in [6.07, 6.45) is 1.48. The number of benzene rings is 1. The number of rotatable bonds is 4. The van der Waals surface area contributed by atoms with Crippen molar-refractivity contribution >= 4 is 5.91 Å². The molecule has 0 aromatic heterocycles. The number of hydrogen-bond donors (Lipinski definition) is 2. The van der Waals surface area contributed by atoms with Gasteiger partial charge in [-0.05, 0) is 31.5 Å². The van der Waals surface area contributed by atoms with E-state index in [4.69, 9.17) is 11.5 Å². The van der Waals surface area contributed by atoms with Crippen LogP contribution >= 0.6 is 0 Å². The third-order valence-electron chi connectivity index (χ3n) is 3.95. The molecule has 2 rings (SSSR count). The van der Waals surface area contributed by atoms with Gasteiger partial charge in [-0.1, -0.05) is 30.3 Å². The number of carbonyl (C=O) groups is 1. The van der Waals surface area contributed by atoms with E-state index in [1.54, 1.807) is 0 Å². The number of piperidine rings is 1. The molecule has 1 aliphatic heterocycles. The van der Waals surface area contributed by atoms with Crippen molar-refractivity contribution in [2.45, 2.75) is 18.4 Å². The van der Waals surface area contributed by atoms with E-state index in [0.29, 0.717) is 6.54 Å². The van der Waals surface area contributed by atoms with Gasteiger partial charge in [0.2, 0.25) is 5.91 Å². The van der Waals surface area contributed by atoms with E-state index in [-0.39, 0.29) is 11.8 Å². The van der Waals surface area contributed by atoms with Gasteiger partial charge in [0.25, 0.3) is 0 Å². The maximum absolute atomic E-state index is 11.2. The summed E-state index contributed by atoms with van der Waals surface area (Å²) in [5, 5.41) is 9.43. The smallest absolute Gasteiger partial charge is 0.220 e. The van der Waals surface area contributed by atoms with Crippen molar-refractivity contribution in [2.75, 3.05) is 19.6 Å². The van der Waals surface area contributed by atoms with Gasteiger partial charge >= 0.3 is 0 Å². The molecule has 1 heterocycles. The van der Waals surface area contributed by atoms with Crippen LogP contribution in [0.5, 0.6) is 0 Å². The molecular formula is C15H20N4O. The number of carbonyl (C=O) groups excluding carboxylic acids is 1. The molecule has 1 saturated heterocycles. The van der Waals surface area contributed by atoms with Crippen LogP contribution in [0.1, 0.15) is 18.4 Å². The highest BCUT2D eigenvalue weighted by atomic mass is 16.1. The van der Waals surface area contributed by atoms with Gasteiger partial charge in [-0.3, -0.25) is 4.79 Å². The monoisotopic (exact) mass is 272 g/mol. The maximum Gasteiger partial charge on any atom is 0.220 e. The third-order valence-corrected chi connectivity index (χ3v) is 3.95. The first-order chi connectivity index (χ1) is 9.55. The van der Waals surface area contributed by atoms with Crippen LogP contribution in [0.3, 0.4) is 0 Å². The van der Waals surface area contributed by atoms with E-state index in [2.05, 4.69) is 11.0 Å². The highest BCUT2D eigenvalue weighted by Crippen LogP contribution is 2.23. The maximum atomic E-state index is 11.2. The summed E-state index contributed by atoms with van der Waals surface area (Å²) in [6.45, 7) is 1.97. The predicted molar refractivity (Wildman–Crippen MR) is 76.3 cm³/mol. The van der Waals surface area contributed by atoms with Crippen LogP contribution in [0.2, 0.25) is 0 Å². The Kier molecular flexibility index (Phi) is 4.38. The molecule has 20 heavy (non-hydrogen) atoms. The molecule has 1 amide bonds. The van der Waals surface area contributed by atoms with E-state index in [1.807, 2.05) is 30.3 Å². The van der Waals surface area contributed by atoms with Crippen LogP contribution in [0.4, 0.5) is 0 Å². The largest absolute Gasteiger partial charge is 0.369 e. The lowest BCUT2D eigenvalue weighted by atomic mass is 9.90. The quantitative estimate of drug-likeness (QED) is 0.837. The van der Waals surface area contributed by atoms with Gasteiger partial charge in [0, 0.05) is 12.5 Å². The van der Waals surface area contributed by atoms with Crippen molar-refractivity contribution in [3.05, 3.63) is 35.9 Å². The Morgan fingerprint density at radius 1 is 1.35 bits per heavy atom. The number of nitrogens with two attached hydrogens (primary N) is 2. The van der Waals surface area contributed by atoms with Crippen LogP contribution in [0.25, 0.3) is 0 Å². The van der Waals surface area contributed by atoms with Crippen molar-refractivity contribution in [2.24, 2.45) is 17.4 Å². The topological polar surface area (TPSA) is 96.1 Å². The summed E-state index contributed by atoms with van der Waals surface area (Å²) >= 11 is 0. The van der Waals surface area contributed by atoms with Gasteiger partial charge in [0.15, 0.2) is 0 Å². The lowest BCUT2D eigenvalue weighted by Crippen LogP contribution is -2.49. The van der Waals surface area contributed by atoms with E-state index in [1.165, 1.54) is 0 Å². The molecule has 1 unspecified atom stereocenters. The molecule has 1 fully saturated rings. The van der Waals surface area contributed by atoms with E-state index < -0.39 is 5.54 Å². The number of amides is 1. The van der Waals surface area contributed by atoms with Crippen LogP contribution < -0.4 is 11.5 Å². The SMILES string of the molecule is N#CC(N)(CN1CCC(C(N)=O)CC1)c1ccccc1. The lowest BCUT2D eigenvalue weighted by molar-refractivity contribution is -0.123. The zero-order chi connectivity index (χ0) is 14.6. The standard InChI is InChI=1S/C15H20N4O/c16-10-15(18,13-4-2-1-3-5-13)11-19-8-6-12(7-9-19)14(17)20/h1-5,12H,6-9,11,18H2,(H2,17,20). The van der Waals surface area contributed by atoms with Gasteiger partial charge in [-0.15, -0.1) is 0 Å². The summed E-state index contributed by atoms with van der Waals surface area (Å²) in [5.41, 5.74) is 11.4. The van der Waals surface area contributed by atoms with Gasteiger partial charge < -0.3 is 16.4 Å². The Morgan fingerprint density at radius 2 is 1.95 bits per heavy atom. The first kappa shape index (κ1) is 14.5. The predicted octanol–water partition coefficient (Wildman–Crippen LogP) is 0.561. The fourth-order valence-corrected chi connectivity index (χ4v) is 2.66. The molecule has 1 atom stereocenters. The fraction of sp³-hybridized carbons (Fsp3) is 0.467. The first-order valence-corrected chi connectivity index (χ1v) is 6.82. The molecule has 1 aliphatic rings. The molecule has 0 saturated carbocycles. The number of nitriles is 1. The van der Waals surface area contributed by atoms with Gasteiger partial charge in [-0.2, -0.15) is 5.26 Å². The Hall–Kier alpha value is -1.90. The summed E-state index contributed by atoms with van der Waals surface area (Å²) in [7, 11) is 0. The van der Waals surface area contributed by atoms with E-state index in [0.717, 1.165) is 31.5 Å². The van der Waals surface area contributed by atoms with Crippen LogP contribution in [-0.2, 0) is 10.3 Å². The molecule has 1 aromatic carbocycles. The summed E-state index contributed by atoms with van der Waals surface area (Å²) in [6, 6.07) is 11.6. The highest BCUT2D eigenvalue weighted by Gasteiger charge is 2.32. The van der Waals surface area contributed by atoms with E-state index in [9.17, 15) is 10.1 Å².